The van der Waals surface area contributed by atoms with Gasteiger partial charge in [0.15, 0.2) is 0 Å². The van der Waals surface area contributed by atoms with Crippen molar-refractivity contribution in [2.24, 2.45) is 5.92 Å². The molecule has 23 heavy (non-hydrogen) atoms. The predicted molar refractivity (Wildman–Crippen MR) is 87.7 cm³/mol. The molecule has 1 fully saturated rings. The highest BCUT2D eigenvalue weighted by molar-refractivity contribution is 7.27. The van der Waals surface area contributed by atoms with Crippen molar-refractivity contribution in [3.63, 3.8) is 0 Å². The van der Waals surface area contributed by atoms with Gasteiger partial charge in [-0.15, -0.1) is 9.24 Å². The Bertz CT molecular complexity index is 592. The minimum atomic E-state index is -1.06. The van der Waals surface area contributed by atoms with E-state index in [-0.39, 0.29) is 23.6 Å². The van der Waals surface area contributed by atoms with E-state index in [4.69, 9.17) is 14.2 Å². The molecule has 0 amide bonds. The summed E-state index contributed by atoms with van der Waals surface area (Å²) in [6, 6.07) is 3.11. The molecule has 1 aliphatic rings. The van der Waals surface area contributed by atoms with Gasteiger partial charge in [-0.25, -0.2) is 4.79 Å². The van der Waals surface area contributed by atoms with Crippen molar-refractivity contribution < 1.29 is 28.9 Å². The SMILES string of the molecule is COC(=O)C1CCC(Oc2cc(C(=O)O)c(OC)cc2P)CC1. The summed E-state index contributed by atoms with van der Waals surface area (Å²) in [5.74, 6) is -0.501. The minimum Gasteiger partial charge on any atom is -0.496 e. The average molecular weight is 340 g/mol. The molecule has 1 aliphatic carbocycles. The second-order valence-corrected chi connectivity index (χ2v) is 6.13. The highest BCUT2D eigenvalue weighted by atomic mass is 31.0. The van der Waals surface area contributed by atoms with Crippen LogP contribution in [0, 0.1) is 5.92 Å². The number of ether oxygens (including phenoxy) is 3. The number of esters is 1. The number of methoxy groups -OCH3 is 2. The van der Waals surface area contributed by atoms with Crippen molar-refractivity contribution in [3.05, 3.63) is 17.7 Å². The summed E-state index contributed by atoms with van der Waals surface area (Å²) >= 11 is 0. The molecule has 7 heteroatoms. The third kappa shape index (κ3) is 4.14. The Hall–Kier alpha value is -1.81. The van der Waals surface area contributed by atoms with Gasteiger partial charge in [0.1, 0.15) is 17.1 Å². The lowest BCUT2D eigenvalue weighted by atomic mass is 9.87. The third-order valence-corrected chi connectivity index (χ3v) is 4.52. The lowest BCUT2D eigenvalue weighted by molar-refractivity contribution is -0.147. The minimum absolute atomic E-state index is 0.0368. The topological polar surface area (TPSA) is 82.1 Å². The number of aromatic carboxylic acids is 1. The summed E-state index contributed by atoms with van der Waals surface area (Å²) in [6.07, 6.45) is 2.86. The van der Waals surface area contributed by atoms with Gasteiger partial charge in [-0.2, -0.15) is 0 Å². The molecular formula is C16H21O6P. The summed E-state index contributed by atoms with van der Waals surface area (Å²) in [5.41, 5.74) is 0.0666. The van der Waals surface area contributed by atoms with Gasteiger partial charge in [-0.05, 0) is 37.8 Å². The van der Waals surface area contributed by atoms with Crippen molar-refractivity contribution in [2.45, 2.75) is 31.8 Å². The van der Waals surface area contributed by atoms with Gasteiger partial charge in [-0.3, -0.25) is 4.79 Å². The van der Waals surface area contributed by atoms with Gasteiger partial charge in [0.05, 0.1) is 26.2 Å². The molecule has 1 aromatic carbocycles. The van der Waals surface area contributed by atoms with E-state index in [2.05, 4.69) is 9.24 Å². The number of benzene rings is 1. The normalized spacial score (nSPS) is 20.7. The maximum atomic E-state index is 11.5. The molecule has 1 aromatic rings. The lowest BCUT2D eigenvalue weighted by Gasteiger charge is -2.28. The Balaban J connectivity index is 2.08. The van der Waals surface area contributed by atoms with Crippen LogP contribution in [0.25, 0.3) is 0 Å². The summed E-state index contributed by atoms with van der Waals surface area (Å²) in [7, 11) is 5.36. The van der Waals surface area contributed by atoms with E-state index in [1.54, 1.807) is 6.07 Å². The second kappa shape index (κ2) is 7.64. The molecule has 0 heterocycles. The lowest BCUT2D eigenvalue weighted by Crippen LogP contribution is -2.29. The highest BCUT2D eigenvalue weighted by Gasteiger charge is 2.28. The summed E-state index contributed by atoms with van der Waals surface area (Å²) < 4.78 is 15.8. The van der Waals surface area contributed by atoms with Crippen LogP contribution >= 0.6 is 9.24 Å². The molecule has 0 saturated heterocycles. The zero-order valence-electron chi connectivity index (χ0n) is 13.2. The van der Waals surface area contributed by atoms with Crippen LogP contribution in [0.2, 0.25) is 0 Å². The Labute approximate surface area is 137 Å². The Kier molecular flexibility index (Phi) is 5.83. The number of carbonyl (C=O) groups excluding carboxylic acids is 1. The molecule has 0 bridgehead atoms. The van der Waals surface area contributed by atoms with Gasteiger partial charge >= 0.3 is 11.9 Å². The fourth-order valence-electron chi connectivity index (χ4n) is 2.78. The summed E-state index contributed by atoms with van der Waals surface area (Å²) in [4.78, 5) is 22.8. The van der Waals surface area contributed by atoms with Crippen LogP contribution in [0.3, 0.4) is 0 Å². The van der Waals surface area contributed by atoms with Crippen LogP contribution in [0.15, 0.2) is 12.1 Å². The molecule has 1 unspecified atom stereocenters. The van der Waals surface area contributed by atoms with Gasteiger partial charge in [0, 0.05) is 5.30 Å². The molecule has 0 aromatic heterocycles. The number of carbonyl (C=O) groups is 2. The summed E-state index contributed by atoms with van der Waals surface area (Å²) in [6.45, 7) is 0. The van der Waals surface area contributed by atoms with Crippen molar-refractivity contribution >= 4 is 26.5 Å². The molecule has 1 N–H and O–H groups in total. The van der Waals surface area contributed by atoms with Gasteiger partial charge in [0.2, 0.25) is 0 Å². The number of rotatable bonds is 5. The molecule has 0 aliphatic heterocycles. The van der Waals surface area contributed by atoms with E-state index in [1.807, 2.05) is 0 Å². The number of hydrogen-bond acceptors (Lipinski definition) is 5. The van der Waals surface area contributed by atoms with Crippen LogP contribution in [-0.2, 0) is 9.53 Å². The van der Waals surface area contributed by atoms with E-state index >= 15 is 0 Å². The first-order chi connectivity index (χ1) is 11.0. The first-order valence-corrected chi connectivity index (χ1v) is 7.99. The molecule has 2 rings (SSSR count). The van der Waals surface area contributed by atoms with Crippen LogP contribution in [0.1, 0.15) is 36.0 Å². The summed E-state index contributed by atoms with van der Waals surface area (Å²) in [5, 5.41) is 9.99. The molecule has 0 spiro atoms. The molecule has 1 saturated carbocycles. The predicted octanol–water partition coefficient (Wildman–Crippen LogP) is 2.00. The molecule has 0 radical (unpaired) electrons. The number of hydrogen-bond donors (Lipinski definition) is 1. The van der Waals surface area contributed by atoms with E-state index < -0.39 is 5.97 Å². The smallest absolute Gasteiger partial charge is 0.339 e. The highest BCUT2D eigenvalue weighted by Crippen LogP contribution is 2.30. The molecule has 6 nitrogen and oxygen atoms in total. The Morgan fingerprint density at radius 1 is 1.13 bits per heavy atom. The van der Waals surface area contributed by atoms with E-state index in [0.29, 0.717) is 24.3 Å². The van der Waals surface area contributed by atoms with E-state index in [0.717, 1.165) is 18.1 Å². The van der Waals surface area contributed by atoms with Gasteiger partial charge < -0.3 is 19.3 Å². The Morgan fingerprint density at radius 3 is 2.30 bits per heavy atom. The third-order valence-electron chi connectivity index (χ3n) is 4.06. The maximum absolute atomic E-state index is 11.5. The van der Waals surface area contributed by atoms with Crippen molar-refractivity contribution in [1.82, 2.24) is 0 Å². The van der Waals surface area contributed by atoms with Crippen molar-refractivity contribution in [1.29, 1.82) is 0 Å². The zero-order chi connectivity index (χ0) is 17.0. The van der Waals surface area contributed by atoms with E-state index in [1.165, 1.54) is 20.3 Å². The van der Waals surface area contributed by atoms with Crippen molar-refractivity contribution in [2.75, 3.05) is 14.2 Å². The van der Waals surface area contributed by atoms with Crippen molar-refractivity contribution in [3.8, 4) is 11.5 Å². The standard InChI is InChI=1S/C16H21O6P/c1-20-12-8-14(23)13(7-11(12)15(17)18)22-10-5-3-9(4-6-10)16(19)21-2/h7-10H,3-6,23H2,1-2H3,(H,17,18). The quantitative estimate of drug-likeness (QED) is 0.652. The average Bonchev–Trinajstić information content (AvgIpc) is 2.56. The number of carboxylic acid groups (broad SMARTS) is 1. The first kappa shape index (κ1) is 17.5. The zero-order valence-corrected chi connectivity index (χ0v) is 14.4. The first-order valence-electron chi connectivity index (χ1n) is 7.41. The van der Waals surface area contributed by atoms with Gasteiger partial charge in [0.25, 0.3) is 0 Å². The van der Waals surface area contributed by atoms with Crippen LogP contribution in [-0.4, -0.2) is 37.4 Å². The largest absolute Gasteiger partial charge is 0.496 e. The van der Waals surface area contributed by atoms with Crippen LogP contribution < -0.4 is 14.8 Å². The fraction of sp³-hybridized carbons (Fsp3) is 0.500. The van der Waals surface area contributed by atoms with E-state index in [9.17, 15) is 14.7 Å². The maximum Gasteiger partial charge on any atom is 0.339 e. The van der Waals surface area contributed by atoms with Gasteiger partial charge in [-0.1, -0.05) is 0 Å². The molecule has 126 valence electrons. The van der Waals surface area contributed by atoms with Crippen LogP contribution in [0.4, 0.5) is 0 Å². The Morgan fingerprint density at radius 2 is 1.78 bits per heavy atom. The second-order valence-electron chi connectivity index (χ2n) is 5.51. The molecular weight excluding hydrogens is 319 g/mol. The number of carboxylic acids is 1. The fourth-order valence-corrected chi connectivity index (χ4v) is 3.08. The molecule has 1 atom stereocenters. The van der Waals surface area contributed by atoms with Crippen LogP contribution in [0.5, 0.6) is 11.5 Å². The monoisotopic (exact) mass is 340 g/mol.